The molecule has 4 nitrogen and oxygen atoms in total. The molecule has 0 spiro atoms. The third-order valence-corrected chi connectivity index (χ3v) is 3.89. The summed E-state index contributed by atoms with van der Waals surface area (Å²) in [5.41, 5.74) is 1.66. The van der Waals surface area contributed by atoms with E-state index in [1.807, 2.05) is 55.5 Å². The Morgan fingerprint density at radius 2 is 1.75 bits per heavy atom. The van der Waals surface area contributed by atoms with Crippen molar-refractivity contribution < 1.29 is 9.53 Å². The van der Waals surface area contributed by atoms with Gasteiger partial charge in [0.1, 0.15) is 11.8 Å². The summed E-state index contributed by atoms with van der Waals surface area (Å²) < 4.78 is 5.17. The molecule has 0 aliphatic rings. The molecular weight excluding hydrogens is 300 g/mol. The number of carbonyl (C=O) groups is 1. The van der Waals surface area contributed by atoms with Gasteiger partial charge in [0.05, 0.1) is 7.11 Å². The lowest BCUT2D eigenvalue weighted by Crippen LogP contribution is -2.31. The summed E-state index contributed by atoms with van der Waals surface area (Å²) in [7, 11) is 1.60. The van der Waals surface area contributed by atoms with E-state index in [4.69, 9.17) is 4.74 Å². The maximum absolute atomic E-state index is 12.4. The standard InChI is InChI=1S/C20H20N2O2/c1-14(20(23)22-16-9-6-10-17(13-16)24-2)21-19-12-5-8-15-7-3-4-11-18(15)19/h3-14,21H,1-2H3,(H,22,23)/t14-/m1/s1. The number of amides is 1. The van der Waals surface area contributed by atoms with Gasteiger partial charge < -0.3 is 15.4 Å². The van der Waals surface area contributed by atoms with Gasteiger partial charge in [-0.05, 0) is 30.5 Å². The summed E-state index contributed by atoms with van der Waals surface area (Å²) >= 11 is 0. The first-order valence-electron chi connectivity index (χ1n) is 7.86. The summed E-state index contributed by atoms with van der Waals surface area (Å²) in [5, 5.41) is 8.43. The average molecular weight is 320 g/mol. The predicted octanol–water partition coefficient (Wildman–Crippen LogP) is 4.29. The molecule has 0 radical (unpaired) electrons. The van der Waals surface area contributed by atoms with Crippen LogP contribution in [0.1, 0.15) is 6.92 Å². The van der Waals surface area contributed by atoms with E-state index < -0.39 is 0 Å². The van der Waals surface area contributed by atoms with E-state index >= 15 is 0 Å². The molecule has 0 bridgehead atoms. The average Bonchev–Trinajstić information content (AvgIpc) is 2.62. The van der Waals surface area contributed by atoms with E-state index in [0.29, 0.717) is 11.4 Å². The summed E-state index contributed by atoms with van der Waals surface area (Å²) in [6.45, 7) is 1.84. The van der Waals surface area contributed by atoms with Gasteiger partial charge in [-0.25, -0.2) is 0 Å². The Morgan fingerprint density at radius 3 is 2.58 bits per heavy atom. The van der Waals surface area contributed by atoms with Gasteiger partial charge in [-0.3, -0.25) is 4.79 Å². The van der Waals surface area contributed by atoms with Gasteiger partial charge in [0.15, 0.2) is 0 Å². The number of rotatable bonds is 5. The van der Waals surface area contributed by atoms with E-state index in [0.717, 1.165) is 16.5 Å². The van der Waals surface area contributed by atoms with Crippen LogP contribution in [0.2, 0.25) is 0 Å². The zero-order valence-electron chi connectivity index (χ0n) is 13.7. The maximum Gasteiger partial charge on any atom is 0.246 e. The van der Waals surface area contributed by atoms with Crippen LogP contribution in [0.5, 0.6) is 5.75 Å². The van der Waals surface area contributed by atoms with E-state index in [2.05, 4.69) is 22.8 Å². The van der Waals surface area contributed by atoms with Gasteiger partial charge in [0.2, 0.25) is 5.91 Å². The van der Waals surface area contributed by atoms with Crippen LogP contribution in [0.3, 0.4) is 0 Å². The minimum absolute atomic E-state index is 0.101. The molecule has 1 amide bonds. The maximum atomic E-state index is 12.4. The first kappa shape index (κ1) is 15.9. The Kier molecular flexibility index (Phi) is 4.66. The lowest BCUT2D eigenvalue weighted by atomic mass is 10.1. The number of anilines is 2. The predicted molar refractivity (Wildman–Crippen MR) is 98.7 cm³/mol. The van der Waals surface area contributed by atoms with Gasteiger partial charge >= 0.3 is 0 Å². The highest BCUT2D eigenvalue weighted by atomic mass is 16.5. The molecule has 0 aromatic heterocycles. The van der Waals surface area contributed by atoms with Crippen LogP contribution in [0.25, 0.3) is 10.8 Å². The number of nitrogens with one attached hydrogen (secondary N) is 2. The van der Waals surface area contributed by atoms with Crippen molar-refractivity contribution >= 4 is 28.1 Å². The molecule has 0 saturated heterocycles. The molecule has 3 aromatic rings. The topological polar surface area (TPSA) is 50.4 Å². The monoisotopic (exact) mass is 320 g/mol. The summed E-state index contributed by atoms with van der Waals surface area (Å²) in [4.78, 5) is 12.4. The molecule has 0 aliphatic carbocycles. The molecule has 0 heterocycles. The lowest BCUT2D eigenvalue weighted by Gasteiger charge is -2.17. The third-order valence-electron chi connectivity index (χ3n) is 3.89. The number of hydrogen-bond donors (Lipinski definition) is 2. The fraction of sp³-hybridized carbons (Fsp3) is 0.150. The van der Waals surface area contributed by atoms with Crippen molar-refractivity contribution in [2.75, 3.05) is 17.7 Å². The molecule has 0 saturated carbocycles. The Balaban J connectivity index is 1.73. The zero-order valence-corrected chi connectivity index (χ0v) is 13.7. The Hall–Kier alpha value is -3.01. The molecule has 3 rings (SSSR count). The first-order valence-corrected chi connectivity index (χ1v) is 7.86. The molecule has 0 unspecified atom stereocenters. The van der Waals surface area contributed by atoms with Gasteiger partial charge in [0, 0.05) is 22.8 Å². The molecule has 3 aromatic carbocycles. The quantitative estimate of drug-likeness (QED) is 0.737. The molecule has 0 fully saturated rings. The normalized spacial score (nSPS) is 11.8. The van der Waals surface area contributed by atoms with Gasteiger partial charge in [-0.15, -0.1) is 0 Å². The smallest absolute Gasteiger partial charge is 0.246 e. The SMILES string of the molecule is COc1cccc(NC(=O)[C@@H](C)Nc2cccc3ccccc23)c1. The highest BCUT2D eigenvalue weighted by Gasteiger charge is 2.14. The highest BCUT2D eigenvalue weighted by Crippen LogP contribution is 2.24. The molecule has 4 heteroatoms. The van der Waals surface area contributed by atoms with Gasteiger partial charge in [-0.1, -0.05) is 42.5 Å². The Morgan fingerprint density at radius 1 is 1.00 bits per heavy atom. The highest BCUT2D eigenvalue weighted by molar-refractivity contribution is 5.99. The van der Waals surface area contributed by atoms with Crippen LogP contribution in [-0.2, 0) is 4.79 Å². The number of ether oxygens (including phenoxy) is 1. The second-order valence-corrected chi connectivity index (χ2v) is 5.61. The van der Waals surface area contributed by atoms with Crippen LogP contribution in [0, 0.1) is 0 Å². The summed E-state index contributed by atoms with van der Waals surface area (Å²) in [5.74, 6) is 0.610. The van der Waals surface area contributed by atoms with Crippen molar-refractivity contribution in [2.45, 2.75) is 13.0 Å². The van der Waals surface area contributed by atoms with Gasteiger partial charge in [-0.2, -0.15) is 0 Å². The lowest BCUT2D eigenvalue weighted by molar-refractivity contribution is -0.116. The second-order valence-electron chi connectivity index (χ2n) is 5.61. The third kappa shape index (κ3) is 3.49. The number of carbonyl (C=O) groups excluding carboxylic acids is 1. The van der Waals surface area contributed by atoms with E-state index in [1.54, 1.807) is 13.2 Å². The van der Waals surface area contributed by atoms with E-state index in [9.17, 15) is 4.79 Å². The minimum atomic E-state index is -0.373. The van der Waals surface area contributed by atoms with E-state index in [-0.39, 0.29) is 11.9 Å². The zero-order chi connectivity index (χ0) is 16.9. The van der Waals surface area contributed by atoms with Crippen molar-refractivity contribution in [3.05, 3.63) is 66.7 Å². The fourth-order valence-electron chi connectivity index (χ4n) is 2.60. The Labute approximate surface area is 141 Å². The minimum Gasteiger partial charge on any atom is -0.497 e. The first-order chi connectivity index (χ1) is 11.7. The van der Waals surface area contributed by atoms with Crippen LogP contribution < -0.4 is 15.4 Å². The molecule has 122 valence electrons. The second kappa shape index (κ2) is 7.04. The van der Waals surface area contributed by atoms with Crippen LogP contribution in [-0.4, -0.2) is 19.1 Å². The van der Waals surface area contributed by atoms with Crippen LogP contribution in [0.4, 0.5) is 11.4 Å². The number of fused-ring (bicyclic) bond motifs is 1. The number of hydrogen-bond acceptors (Lipinski definition) is 3. The molecule has 24 heavy (non-hydrogen) atoms. The summed E-state index contributed by atoms with van der Waals surface area (Å²) in [6.07, 6.45) is 0. The van der Waals surface area contributed by atoms with Crippen LogP contribution in [0.15, 0.2) is 66.7 Å². The molecular formula is C20H20N2O2. The van der Waals surface area contributed by atoms with Crippen molar-refractivity contribution in [1.29, 1.82) is 0 Å². The fourth-order valence-corrected chi connectivity index (χ4v) is 2.60. The van der Waals surface area contributed by atoms with Crippen LogP contribution >= 0.6 is 0 Å². The van der Waals surface area contributed by atoms with E-state index in [1.165, 1.54) is 0 Å². The van der Waals surface area contributed by atoms with Crippen molar-refractivity contribution in [3.8, 4) is 5.75 Å². The van der Waals surface area contributed by atoms with Crippen molar-refractivity contribution in [1.82, 2.24) is 0 Å². The largest absolute Gasteiger partial charge is 0.497 e. The number of methoxy groups -OCH3 is 1. The van der Waals surface area contributed by atoms with Crippen molar-refractivity contribution in [3.63, 3.8) is 0 Å². The molecule has 0 aliphatic heterocycles. The number of benzene rings is 3. The summed E-state index contributed by atoms with van der Waals surface area (Å²) in [6, 6.07) is 21.1. The Bertz CT molecular complexity index is 856. The molecule has 2 N–H and O–H groups in total. The van der Waals surface area contributed by atoms with Gasteiger partial charge in [0.25, 0.3) is 0 Å². The van der Waals surface area contributed by atoms with Crippen molar-refractivity contribution in [2.24, 2.45) is 0 Å². The molecule has 1 atom stereocenters.